The number of anilines is 1. The van der Waals surface area contributed by atoms with E-state index in [1.165, 1.54) is 86.8 Å². The Kier molecular flexibility index (Phi) is 3.54. The summed E-state index contributed by atoms with van der Waals surface area (Å²) in [6.45, 7) is 1.19. The molecule has 2 atom stereocenters. The smallest absolute Gasteiger partial charge is 0.141 e. The number of nitrogens with zero attached hydrogens (tertiary/aromatic N) is 3. The highest BCUT2D eigenvalue weighted by molar-refractivity contribution is 7.19. The van der Waals surface area contributed by atoms with E-state index >= 15 is 0 Å². The van der Waals surface area contributed by atoms with Crippen molar-refractivity contribution in [2.24, 2.45) is 5.92 Å². The predicted octanol–water partition coefficient (Wildman–Crippen LogP) is 4.73. The molecule has 122 valence electrons. The predicted molar refractivity (Wildman–Crippen MR) is 96.4 cm³/mol. The Balaban J connectivity index is 1.63. The van der Waals surface area contributed by atoms with Gasteiger partial charge in [-0.2, -0.15) is 0 Å². The minimum Gasteiger partial charge on any atom is -0.353 e. The van der Waals surface area contributed by atoms with Gasteiger partial charge >= 0.3 is 0 Å². The lowest BCUT2D eigenvalue weighted by atomic mass is 9.78. The molecule has 2 aromatic rings. The van der Waals surface area contributed by atoms with Crippen LogP contribution in [0.4, 0.5) is 5.82 Å². The lowest BCUT2D eigenvalue weighted by molar-refractivity contribution is 0.243. The fraction of sp³-hybridized carbons (Fsp3) is 0.684. The lowest BCUT2D eigenvalue weighted by Crippen LogP contribution is -2.47. The van der Waals surface area contributed by atoms with Gasteiger partial charge in [-0.15, -0.1) is 11.3 Å². The van der Waals surface area contributed by atoms with Crippen molar-refractivity contribution in [3.05, 3.63) is 16.8 Å². The van der Waals surface area contributed by atoms with Gasteiger partial charge < -0.3 is 4.90 Å². The van der Waals surface area contributed by atoms with Gasteiger partial charge in [0.1, 0.15) is 17.0 Å². The summed E-state index contributed by atoms with van der Waals surface area (Å²) < 4.78 is 0. The number of aromatic nitrogens is 2. The summed E-state index contributed by atoms with van der Waals surface area (Å²) in [7, 11) is 0. The molecule has 2 fully saturated rings. The van der Waals surface area contributed by atoms with Gasteiger partial charge in [0.15, 0.2) is 0 Å². The van der Waals surface area contributed by atoms with Gasteiger partial charge in [-0.3, -0.25) is 0 Å². The zero-order chi connectivity index (χ0) is 15.2. The fourth-order valence-corrected chi connectivity index (χ4v) is 6.40. The van der Waals surface area contributed by atoms with E-state index in [0.717, 1.165) is 12.0 Å². The molecule has 0 radical (unpaired) electrons. The molecule has 0 amide bonds. The molecule has 1 saturated heterocycles. The van der Waals surface area contributed by atoms with Gasteiger partial charge in [0.25, 0.3) is 0 Å². The van der Waals surface area contributed by atoms with Crippen LogP contribution < -0.4 is 4.90 Å². The number of hydrogen-bond donors (Lipinski definition) is 0. The molecule has 0 aromatic carbocycles. The molecule has 2 aliphatic carbocycles. The SMILES string of the molecule is c1nc(N2CCC[C@@H]3CCCC[C@@H]32)c2c3c(sc2n1)CCCC3. The maximum atomic E-state index is 4.82. The molecule has 3 nitrogen and oxygen atoms in total. The molecule has 2 aromatic heterocycles. The molecule has 0 unspecified atom stereocenters. The van der Waals surface area contributed by atoms with E-state index in [-0.39, 0.29) is 0 Å². The second-order valence-corrected chi connectivity index (χ2v) is 8.62. The zero-order valence-corrected chi connectivity index (χ0v) is 14.6. The van der Waals surface area contributed by atoms with E-state index in [0.29, 0.717) is 0 Å². The molecule has 0 N–H and O–H groups in total. The van der Waals surface area contributed by atoms with Crippen LogP contribution in [0.15, 0.2) is 6.33 Å². The van der Waals surface area contributed by atoms with E-state index in [9.17, 15) is 0 Å². The van der Waals surface area contributed by atoms with Gasteiger partial charge in [-0.25, -0.2) is 9.97 Å². The Morgan fingerprint density at radius 2 is 1.83 bits per heavy atom. The number of piperidine rings is 1. The van der Waals surface area contributed by atoms with E-state index < -0.39 is 0 Å². The van der Waals surface area contributed by atoms with Gasteiger partial charge in [0.2, 0.25) is 0 Å². The summed E-state index contributed by atoms with van der Waals surface area (Å²) in [6, 6.07) is 0.731. The van der Waals surface area contributed by atoms with E-state index in [4.69, 9.17) is 4.98 Å². The molecular formula is C19H25N3S. The topological polar surface area (TPSA) is 29.0 Å². The van der Waals surface area contributed by atoms with E-state index in [2.05, 4.69) is 9.88 Å². The summed E-state index contributed by atoms with van der Waals surface area (Å²) in [5.41, 5.74) is 1.59. The molecule has 0 bridgehead atoms. The van der Waals surface area contributed by atoms with Crippen LogP contribution in [-0.4, -0.2) is 22.6 Å². The first-order valence-corrected chi connectivity index (χ1v) is 10.3. The molecule has 23 heavy (non-hydrogen) atoms. The van der Waals surface area contributed by atoms with Crippen LogP contribution in [0.5, 0.6) is 0 Å². The molecule has 1 aliphatic heterocycles. The van der Waals surface area contributed by atoms with Crippen molar-refractivity contribution in [1.29, 1.82) is 0 Å². The summed E-state index contributed by atoms with van der Waals surface area (Å²) in [6.07, 6.45) is 15.4. The standard InChI is InChI=1S/C19H25N3S/c1-3-9-15-13(6-1)7-5-11-22(15)18-17-14-8-2-4-10-16(14)23-19(17)21-12-20-18/h12-13,15H,1-11H2/t13-,15-/m0/s1. The molecule has 1 saturated carbocycles. The largest absolute Gasteiger partial charge is 0.353 e. The molecular weight excluding hydrogens is 302 g/mol. The van der Waals surface area contributed by atoms with Crippen molar-refractivity contribution in [3.63, 3.8) is 0 Å². The van der Waals surface area contributed by atoms with Crippen LogP contribution in [-0.2, 0) is 12.8 Å². The molecule has 0 spiro atoms. The van der Waals surface area contributed by atoms with Gasteiger partial charge in [0.05, 0.1) is 5.39 Å². The first-order valence-electron chi connectivity index (χ1n) is 9.44. The van der Waals surface area contributed by atoms with Crippen LogP contribution in [0.25, 0.3) is 10.2 Å². The summed E-state index contributed by atoms with van der Waals surface area (Å²) in [5.74, 6) is 2.17. The first-order chi connectivity index (χ1) is 11.4. The van der Waals surface area contributed by atoms with Crippen LogP contribution in [0.1, 0.15) is 61.8 Å². The molecule has 5 rings (SSSR count). The van der Waals surface area contributed by atoms with Gasteiger partial charge in [-0.05, 0) is 62.8 Å². The normalized spacial score (nSPS) is 27.7. The number of aryl methyl sites for hydroxylation is 2. The highest BCUT2D eigenvalue weighted by atomic mass is 32.1. The highest BCUT2D eigenvalue weighted by Gasteiger charge is 2.35. The minimum absolute atomic E-state index is 0.731. The van der Waals surface area contributed by atoms with Crippen molar-refractivity contribution in [1.82, 2.24) is 9.97 Å². The number of rotatable bonds is 1. The average molecular weight is 327 g/mol. The summed E-state index contributed by atoms with van der Waals surface area (Å²) >= 11 is 1.93. The molecule has 4 heteroatoms. The maximum absolute atomic E-state index is 4.82. The second-order valence-electron chi connectivity index (χ2n) is 7.54. The number of thiophene rings is 1. The first kappa shape index (κ1) is 14.2. The Labute approximate surface area is 142 Å². The van der Waals surface area contributed by atoms with Gasteiger partial charge in [0, 0.05) is 17.5 Å². The van der Waals surface area contributed by atoms with Crippen molar-refractivity contribution in [3.8, 4) is 0 Å². The van der Waals surface area contributed by atoms with Crippen molar-refractivity contribution >= 4 is 27.4 Å². The quantitative estimate of drug-likeness (QED) is 0.758. The van der Waals surface area contributed by atoms with Crippen LogP contribution in [0, 0.1) is 5.92 Å². The monoisotopic (exact) mass is 327 g/mol. The van der Waals surface area contributed by atoms with Gasteiger partial charge in [-0.1, -0.05) is 12.8 Å². The van der Waals surface area contributed by atoms with E-state index in [1.54, 1.807) is 10.4 Å². The zero-order valence-electron chi connectivity index (χ0n) is 13.8. The minimum atomic E-state index is 0.731. The van der Waals surface area contributed by atoms with Crippen molar-refractivity contribution in [2.75, 3.05) is 11.4 Å². The van der Waals surface area contributed by atoms with E-state index in [1.807, 2.05) is 17.7 Å². The van der Waals surface area contributed by atoms with Crippen LogP contribution in [0.2, 0.25) is 0 Å². The number of fused-ring (bicyclic) bond motifs is 4. The Bertz CT molecular complexity index is 721. The van der Waals surface area contributed by atoms with Crippen molar-refractivity contribution < 1.29 is 0 Å². The third-order valence-electron chi connectivity index (χ3n) is 6.25. The molecule has 3 heterocycles. The third-order valence-corrected chi connectivity index (χ3v) is 7.45. The maximum Gasteiger partial charge on any atom is 0.141 e. The fourth-order valence-electron chi connectivity index (χ4n) is 5.18. The summed E-state index contributed by atoms with van der Waals surface area (Å²) in [4.78, 5) is 15.0. The average Bonchev–Trinajstić information content (AvgIpc) is 3.00. The lowest BCUT2D eigenvalue weighted by Gasteiger charge is -2.45. The Hall–Kier alpha value is -1.16. The highest BCUT2D eigenvalue weighted by Crippen LogP contribution is 2.43. The summed E-state index contributed by atoms with van der Waals surface area (Å²) in [5, 5.41) is 1.42. The second kappa shape index (κ2) is 5.73. The van der Waals surface area contributed by atoms with Crippen LogP contribution >= 0.6 is 11.3 Å². The third kappa shape index (κ3) is 2.29. The molecule has 3 aliphatic rings. The number of hydrogen-bond acceptors (Lipinski definition) is 4. The van der Waals surface area contributed by atoms with Crippen molar-refractivity contribution in [2.45, 2.75) is 70.3 Å². The Morgan fingerprint density at radius 3 is 2.83 bits per heavy atom. The Morgan fingerprint density at radius 1 is 0.957 bits per heavy atom. The van der Waals surface area contributed by atoms with Crippen LogP contribution in [0.3, 0.4) is 0 Å².